The number of aromatic amines is 1. The molecule has 0 bridgehead atoms. The van der Waals surface area contributed by atoms with Gasteiger partial charge in [0, 0.05) is 30.3 Å². The van der Waals surface area contributed by atoms with Gasteiger partial charge < -0.3 is 15.0 Å². The Morgan fingerprint density at radius 1 is 1.32 bits per heavy atom. The van der Waals surface area contributed by atoms with Crippen LogP contribution in [0.5, 0.6) is 5.75 Å². The molecule has 8 nitrogen and oxygen atoms in total. The number of aryl methyl sites for hydroxylation is 1. The zero-order valence-corrected chi connectivity index (χ0v) is 18.7. The Hall–Kier alpha value is -2.75. The summed E-state index contributed by atoms with van der Waals surface area (Å²) in [5.74, 6) is 0.467. The number of rotatable bonds is 6. The Morgan fingerprint density at radius 3 is 2.77 bits per heavy atom. The fourth-order valence-electron chi connectivity index (χ4n) is 3.70. The number of carbonyl (C=O) groups is 1. The summed E-state index contributed by atoms with van der Waals surface area (Å²) in [5, 5.41) is 10.8. The Balaban J connectivity index is 1.38. The molecule has 2 atom stereocenters. The van der Waals surface area contributed by atoms with E-state index in [9.17, 15) is 9.59 Å². The third-order valence-corrected chi connectivity index (χ3v) is 6.17. The fourth-order valence-corrected chi connectivity index (χ4v) is 4.73. The van der Waals surface area contributed by atoms with E-state index in [1.807, 2.05) is 20.0 Å². The minimum absolute atomic E-state index is 0.0175. The van der Waals surface area contributed by atoms with Crippen LogP contribution in [-0.2, 0) is 6.61 Å². The van der Waals surface area contributed by atoms with Crippen molar-refractivity contribution in [3.63, 3.8) is 0 Å². The van der Waals surface area contributed by atoms with Crippen molar-refractivity contribution < 1.29 is 9.53 Å². The van der Waals surface area contributed by atoms with Crippen LogP contribution >= 0.6 is 22.9 Å². The van der Waals surface area contributed by atoms with Crippen molar-refractivity contribution in [2.45, 2.75) is 25.5 Å². The van der Waals surface area contributed by atoms with Crippen molar-refractivity contribution in [2.24, 2.45) is 0 Å². The minimum atomic E-state index is -0.186. The van der Waals surface area contributed by atoms with Gasteiger partial charge in [-0.2, -0.15) is 5.10 Å². The lowest BCUT2D eigenvalue weighted by Crippen LogP contribution is -2.39. The first-order valence-electron chi connectivity index (χ1n) is 9.78. The molecule has 1 amide bonds. The van der Waals surface area contributed by atoms with Gasteiger partial charge in [0.2, 0.25) is 0 Å². The number of carbonyl (C=O) groups excluding carboxylic acids is 1. The van der Waals surface area contributed by atoms with E-state index in [1.165, 1.54) is 0 Å². The van der Waals surface area contributed by atoms with Crippen LogP contribution in [0.2, 0.25) is 5.15 Å². The van der Waals surface area contributed by atoms with Gasteiger partial charge in [-0.15, -0.1) is 0 Å². The zero-order valence-electron chi connectivity index (χ0n) is 17.1. The number of nitrogens with one attached hydrogen (secondary N) is 2. The van der Waals surface area contributed by atoms with Gasteiger partial charge in [0.05, 0.1) is 6.04 Å². The predicted molar refractivity (Wildman–Crippen MR) is 119 cm³/mol. The zero-order chi connectivity index (χ0) is 22.0. The van der Waals surface area contributed by atoms with Crippen LogP contribution in [0.4, 0.5) is 0 Å². The van der Waals surface area contributed by atoms with Gasteiger partial charge in [-0.05, 0) is 55.9 Å². The van der Waals surface area contributed by atoms with Crippen LogP contribution < -0.4 is 14.9 Å². The number of pyridine rings is 1. The lowest BCUT2D eigenvalue weighted by atomic mass is 10.0. The first-order chi connectivity index (χ1) is 14.9. The smallest absolute Gasteiger partial charge is 0.322 e. The summed E-state index contributed by atoms with van der Waals surface area (Å²) in [6.45, 7) is 3.66. The van der Waals surface area contributed by atoms with E-state index in [-0.39, 0.29) is 22.7 Å². The number of benzene rings is 1. The number of amides is 1. The molecule has 0 aliphatic carbocycles. The summed E-state index contributed by atoms with van der Waals surface area (Å²) >= 11 is 7.07. The summed E-state index contributed by atoms with van der Waals surface area (Å²) in [5.41, 5.74) is 2.30. The molecule has 0 saturated carbocycles. The van der Waals surface area contributed by atoms with Crippen LogP contribution in [0.1, 0.15) is 32.5 Å². The molecule has 3 heterocycles. The second-order valence-electron chi connectivity index (χ2n) is 7.61. The Morgan fingerprint density at radius 2 is 2.10 bits per heavy atom. The van der Waals surface area contributed by atoms with Gasteiger partial charge >= 0.3 is 4.87 Å². The lowest BCUT2D eigenvalue weighted by molar-refractivity contribution is 0.0935. The van der Waals surface area contributed by atoms with Gasteiger partial charge in [-0.3, -0.25) is 9.59 Å². The maximum absolute atomic E-state index is 12.8. The van der Waals surface area contributed by atoms with Gasteiger partial charge in [0.1, 0.15) is 22.5 Å². The number of aromatic nitrogens is 3. The van der Waals surface area contributed by atoms with Gasteiger partial charge in [0.15, 0.2) is 0 Å². The molecule has 10 heteroatoms. The molecule has 1 aliphatic heterocycles. The fraction of sp³-hybridized carbons (Fsp3) is 0.333. The van der Waals surface area contributed by atoms with Crippen molar-refractivity contribution in [1.82, 2.24) is 25.4 Å². The number of hydrogen-bond acceptors (Lipinski definition) is 7. The highest BCUT2D eigenvalue weighted by molar-refractivity contribution is 7.08. The molecule has 4 rings (SSSR count). The van der Waals surface area contributed by atoms with Crippen LogP contribution in [0, 0.1) is 6.92 Å². The number of H-pyrrole nitrogens is 1. The summed E-state index contributed by atoms with van der Waals surface area (Å²) in [4.78, 5) is 30.3. The largest absolute Gasteiger partial charge is 0.489 e. The molecule has 31 heavy (non-hydrogen) atoms. The average Bonchev–Trinajstić information content (AvgIpc) is 3.31. The van der Waals surface area contributed by atoms with E-state index in [0.717, 1.165) is 34.1 Å². The molecule has 0 unspecified atom stereocenters. The summed E-state index contributed by atoms with van der Waals surface area (Å²) in [6.07, 6.45) is 0. The third-order valence-electron chi connectivity index (χ3n) is 5.09. The van der Waals surface area contributed by atoms with Crippen molar-refractivity contribution in [3.05, 3.63) is 73.0 Å². The number of halogens is 1. The van der Waals surface area contributed by atoms with E-state index in [0.29, 0.717) is 29.6 Å². The predicted octanol–water partition coefficient (Wildman–Crippen LogP) is 2.59. The molecule has 0 spiro atoms. The first kappa shape index (κ1) is 21.5. The van der Waals surface area contributed by atoms with Gasteiger partial charge in [0.25, 0.3) is 5.91 Å². The maximum atomic E-state index is 12.8. The van der Waals surface area contributed by atoms with E-state index in [2.05, 4.69) is 25.4 Å². The van der Waals surface area contributed by atoms with E-state index < -0.39 is 0 Å². The highest BCUT2D eigenvalue weighted by atomic mass is 35.5. The molecule has 2 aromatic heterocycles. The number of nitrogens with zero attached hydrogens (tertiary/aromatic N) is 3. The van der Waals surface area contributed by atoms with Gasteiger partial charge in [-0.25, -0.2) is 10.1 Å². The number of ether oxygens (including phenoxy) is 1. The average molecular weight is 460 g/mol. The van der Waals surface area contributed by atoms with Crippen LogP contribution in [0.25, 0.3) is 0 Å². The second-order valence-corrected chi connectivity index (χ2v) is 8.99. The Bertz CT molecular complexity index is 1110. The summed E-state index contributed by atoms with van der Waals surface area (Å²) < 4.78 is 5.80. The topological polar surface area (TPSA) is 100 Å². The third kappa shape index (κ3) is 5.30. The molecule has 1 saturated heterocycles. The molecule has 162 valence electrons. The molecule has 0 radical (unpaired) electrons. The SMILES string of the molecule is Cc1cc(COc2ccc(C(=O)N[C@@H]3CN(C)C[C@@H]3c3n[nH]c(=O)s3)cc2)cc(Cl)n1. The quantitative estimate of drug-likeness (QED) is 0.549. The molecule has 2 N–H and O–H groups in total. The van der Waals surface area contributed by atoms with E-state index in [1.54, 1.807) is 30.3 Å². The van der Waals surface area contributed by atoms with Gasteiger partial charge in [-0.1, -0.05) is 22.9 Å². The first-order valence-corrected chi connectivity index (χ1v) is 11.0. The molecular weight excluding hydrogens is 438 g/mol. The number of likely N-dealkylation sites (tertiary alicyclic amines) is 1. The normalized spacial score (nSPS) is 18.8. The molecule has 1 aromatic carbocycles. The lowest BCUT2D eigenvalue weighted by Gasteiger charge is -2.18. The van der Waals surface area contributed by atoms with Crippen molar-refractivity contribution >= 4 is 28.8 Å². The van der Waals surface area contributed by atoms with Crippen molar-refractivity contribution in [1.29, 1.82) is 0 Å². The standard InChI is InChI=1S/C21H22ClN5O3S/c1-12-7-13(8-18(22)23-12)11-30-15-5-3-14(4-6-15)19(28)24-17-10-27(2)9-16(17)20-25-26-21(29)31-20/h3-8,16-17H,9-11H2,1-2H3,(H,24,28)(H,26,29)/t16-,17+/m0/s1. The molecule has 1 aliphatic rings. The minimum Gasteiger partial charge on any atom is -0.489 e. The number of likely N-dealkylation sites (N-methyl/N-ethyl adjacent to an activating group) is 1. The van der Waals surface area contributed by atoms with Crippen LogP contribution in [0.15, 0.2) is 41.2 Å². The monoisotopic (exact) mass is 459 g/mol. The van der Waals surface area contributed by atoms with E-state index in [4.69, 9.17) is 16.3 Å². The molecule has 3 aromatic rings. The molecule has 1 fully saturated rings. The number of hydrogen-bond donors (Lipinski definition) is 2. The maximum Gasteiger partial charge on any atom is 0.322 e. The van der Waals surface area contributed by atoms with Crippen molar-refractivity contribution in [3.8, 4) is 5.75 Å². The van der Waals surface area contributed by atoms with E-state index >= 15 is 0 Å². The Kier molecular flexibility index (Phi) is 6.35. The van der Waals surface area contributed by atoms with Crippen LogP contribution in [0.3, 0.4) is 0 Å². The van der Waals surface area contributed by atoms with Crippen LogP contribution in [-0.4, -0.2) is 52.2 Å². The highest BCUT2D eigenvalue weighted by Crippen LogP contribution is 2.27. The summed E-state index contributed by atoms with van der Waals surface area (Å²) in [7, 11) is 1.98. The Labute approximate surface area is 188 Å². The molecular formula is C21H22ClN5O3S. The summed E-state index contributed by atoms with van der Waals surface area (Å²) in [6, 6.07) is 10.6. The van der Waals surface area contributed by atoms with Crippen molar-refractivity contribution in [2.75, 3.05) is 20.1 Å². The highest BCUT2D eigenvalue weighted by Gasteiger charge is 2.35. The second kappa shape index (κ2) is 9.17.